The normalized spacial score (nSPS) is 10.2. The topological polar surface area (TPSA) is 64.7 Å². The molecule has 0 unspecified atom stereocenters. The highest BCUT2D eigenvalue weighted by atomic mass is 16.5. The van der Waals surface area contributed by atoms with Crippen molar-refractivity contribution in [1.82, 2.24) is 0 Å². The predicted octanol–water partition coefficient (Wildman–Crippen LogP) is 2.60. The molecule has 0 spiro atoms. The van der Waals surface area contributed by atoms with E-state index in [2.05, 4.69) is 0 Å². The third-order valence-electron chi connectivity index (χ3n) is 2.82. The number of nitrogen functional groups attached to an aromatic ring is 1. The van der Waals surface area contributed by atoms with E-state index in [4.69, 9.17) is 20.3 Å². The lowest BCUT2D eigenvalue weighted by Gasteiger charge is -2.13. The molecule has 0 amide bonds. The van der Waals surface area contributed by atoms with Crippen LogP contribution in [0.4, 0.5) is 5.69 Å². The number of nitrogens with two attached hydrogens (primary N) is 1. The lowest BCUT2D eigenvalue weighted by atomic mass is 10.1. The SMILES string of the molecule is COc1cccc(Oc2ccccc2CCO)c1N. The molecule has 0 aliphatic carbocycles. The average molecular weight is 259 g/mol. The molecule has 0 fully saturated rings. The molecule has 0 radical (unpaired) electrons. The van der Waals surface area contributed by atoms with Gasteiger partial charge in [0.25, 0.3) is 0 Å². The Morgan fingerprint density at radius 3 is 2.42 bits per heavy atom. The van der Waals surface area contributed by atoms with E-state index < -0.39 is 0 Å². The minimum absolute atomic E-state index is 0.0773. The van der Waals surface area contributed by atoms with Gasteiger partial charge in [-0.2, -0.15) is 0 Å². The van der Waals surface area contributed by atoms with Gasteiger partial charge in [0.05, 0.1) is 7.11 Å². The molecular weight excluding hydrogens is 242 g/mol. The van der Waals surface area contributed by atoms with Gasteiger partial charge < -0.3 is 20.3 Å². The molecule has 19 heavy (non-hydrogen) atoms. The lowest BCUT2D eigenvalue weighted by Crippen LogP contribution is -1.98. The van der Waals surface area contributed by atoms with Crippen LogP contribution in [0.25, 0.3) is 0 Å². The van der Waals surface area contributed by atoms with E-state index in [9.17, 15) is 0 Å². The second-order valence-corrected chi connectivity index (χ2v) is 4.06. The van der Waals surface area contributed by atoms with Gasteiger partial charge in [0.1, 0.15) is 17.2 Å². The summed E-state index contributed by atoms with van der Waals surface area (Å²) in [7, 11) is 1.56. The smallest absolute Gasteiger partial charge is 0.154 e. The van der Waals surface area contributed by atoms with Crippen molar-refractivity contribution < 1.29 is 14.6 Å². The van der Waals surface area contributed by atoms with Crippen LogP contribution in [0.1, 0.15) is 5.56 Å². The Balaban J connectivity index is 2.31. The van der Waals surface area contributed by atoms with Crippen LogP contribution < -0.4 is 15.2 Å². The minimum atomic E-state index is 0.0773. The molecule has 0 saturated heterocycles. The summed E-state index contributed by atoms with van der Waals surface area (Å²) in [6.45, 7) is 0.0773. The number of para-hydroxylation sites is 2. The van der Waals surface area contributed by atoms with Crippen LogP contribution in [-0.2, 0) is 6.42 Å². The molecule has 0 aliphatic heterocycles. The molecule has 0 aliphatic rings. The first-order valence-electron chi connectivity index (χ1n) is 6.05. The number of aliphatic hydroxyl groups excluding tert-OH is 1. The van der Waals surface area contributed by atoms with Crippen molar-refractivity contribution in [3.05, 3.63) is 48.0 Å². The third-order valence-corrected chi connectivity index (χ3v) is 2.82. The number of rotatable bonds is 5. The molecule has 0 bridgehead atoms. The van der Waals surface area contributed by atoms with Gasteiger partial charge in [-0.05, 0) is 30.2 Å². The summed E-state index contributed by atoms with van der Waals surface area (Å²) in [5.41, 5.74) is 7.37. The van der Waals surface area contributed by atoms with Crippen molar-refractivity contribution >= 4 is 5.69 Å². The fourth-order valence-corrected chi connectivity index (χ4v) is 1.84. The summed E-state index contributed by atoms with van der Waals surface area (Å²) < 4.78 is 11.0. The van der Waals surface area contributed by atoms with Crippen LogP contribution in [0, 0.1) is 0 Å². The van der Waals surface area contributed by atoms with E-state index in [1.165, 1.54) is 0 Å². The highest BCUT2D eigenvalue weighted by molar-refractivity contribution is 5.63. The van der Waals surface area contributed by atoms with Crippen molar-refractivity contribution in [2.75, 3.05) is 19.5 Å². The highest BCUT2D eigenvalue weighted by Crippen LogP contribution is 2.35. The van der Waals surface area contributed by atoms with Crippen LogP contribution >= 0.6 is 0 Å². The molecule has 0 atom stereocenters. The lowest BCUT2D eigenvalue weighted by molar-refractivity contribution is 0.298. The maximum Gasteiger partial charge on any atom is 0.154 e. The Labute approximate surface area is 112 Å². The molecule has 0 saturated carbocycles. The molecular formula is C15H17NO3. The highest BCUT2D eigenvalue weighted by Gasteiger charge is 2.09. The zero-order valence-corrected chi connectivity index (χ0v) is 10.8. The number of aliphatic hydroxyl groups is 1. The van der Waals surface area contributed by atoms with Crippen LogP contribution in [0.5, 0.6) is 17.2 Å². The second-order valence-electron chi connectivity index (χ2n) is 4.06. The summed E-state index contributed by atoms with van der Waals surface area (Å²) in [6, 6.07) is 12.9. The van der Waals surface area contributed by atoms with Crippen LogP contribution in [0.15, 0.2) is 42.5 Å². The quantitative estimate of drug-likeness (QED) is 0.810. The maximum absolute atomic E-state index is 9.05. The van der Waals surface area contributed by atoms with Gasteiger partial charge in [0.15, 0.2) is 5.75 Å². The number of hydrogen-bond acceptors (Lipinski definition) is 4. The summed E-state index contributed by atoms with van der Waals surface area (Å²) in [6.07, 6.45) is 0.542. The monoisotopic (exact) mass is 259 g/mol. The predicted molar refractivity (Wildman–Crippen MR) is 74.7 cm³/mol. The van der Waals surface area contributed by atoms with Gasteiger partial charge in [-0.1, -0.05) is 24.3 Å². The van der Waals surface area contributed by atoms with Gasteiger partial charge in [-0.25, -0.2) is 0 Å². The molecule has 4 nitrogen and oxygen atoms in total. The van der Waals surface area contributed by atoms with Gasteiger partial charge in [0, 0.05) is 6.61 Å². The standard InChI is InChI=1S/C15H17NO3/c1-18-13-7-4-8-14(15(13)16)19-12-6-3-2-5-11(12)9-10-17/h2-8,17H,9-10,16H2,1H3. The number of hydrogen-bond donors (Lipinski definition) is 2. The minimum Gasteiger partial charge on any atom is -0.494 e. The summed E-state index contributed by atoms with van der Waals surface area (Å²) >= 11 is 0. The van der Waals surface area contributed by atoms with Gasteiger partial charge in [-0.15, -0.1) is 0 Å². The maximum atomic E-state index is 9.05. The molecule has 2 aromatic carbocycles. The van der Waals surface area contributed by atoms with E-state index in [-0.39, 0.29) is 6.61 Å². The third kappa shape index (κ3) is 2.98. The van der Waals surface area contributed by atoms with E-state index >= 15 is 0 Å². The van der Waals surface area contributed by atoms with E-state index in [0.717, 1.165) is 5.56 Å². The Morgan fingerprint density at radius 1 is 1.00 bits per heavy atom. The molecule has 2 rings (SSSR count). The van der Waals surface area contributed by atoms with Gasteiger partial charge in [0.2, 0.25) is 0 Å². The van der Waals surface area contributed by atoms with E-state index in [1.54, 1.807) is 19.2 Å². The van der Waals surface area contributed by atoms with Crippen molar-refractivity contribution in [3.8, 4) is 17.2 Å². The van der Waals surface area contributed by atoms with Crippen LogP contribution in [-0.4, -0.2) is 18.8 Å². The second kappa shape index (κ2) is 6.11. The van der Waals surface area contributed by atoms with Crippen LogP contribution in [0.3, 0.4) is 0 Å². The Morgan fingerprint density at radius 2 is 1.68 bits per heavy atom. The Hall–Kier alpha value is -2.20. The van der Waals surface area contributed by atoms with Gasteiger partial charge >= 0.3 is 0 Å². The van der Waals surface area contributed by atoms with Crippen LogP contribution in [0.2, 0.25) is 0 Å². The summed E-state index contributed by atoms with van der Waals surface area (Å²) in [5, 5.41) is 9.05. The zero-order chi connectivity index (χ0) is 13.7. The first-order valence-corrected chi connectivity index (χ1v) is 6.05. The number of anilines is 1. The summed E-state index contributed by atoms with van der Waals surface area (Å²) in [5.74, 6) is 1.82. The molecule has 2 aromatic rings. The largest absolute Gasteiger partial charge is 0.494 e. The first kappa shape index (κ1) is 13.2. The van der Waals surface area contributed by atoms with Crippen molar-refractivity contribution in [3.63, 3.8) is 0 Å². The number of methoxy groups -OCH3 is 1. The van der Waals surface area contributed by atoms with E-state index in [1.807, 2.05) is 30.3 Å². The zero-order valence-electron chi connectivity index (χ0n) is 10.8. The van der Waals surface area contributed by atoms with Crippen molar-refractivity contribution in [2.45, 2.75) is 6.42 Å². The van der Waals surface area contributed by atoms with E-state index in [0.29, 0.717) is 29.4 Å². The fraction of sp³-hybridized carbons (Fsp3) is 0.200. The molecule has 100 valence electrons. The van der Waals surface area contributed by atoms with Crippen molar-refractivity contribution in [1.29, 1.82) is 0 Å². The fourth-order valence-electron chi connectivity index (χ4n) is 1.84. The first-order chi connectivity index (χ1) is 9.26. The van der Waals surface area contributed by atoms with Crippen molar-refractivity contribution in [2.24, 2.45) is 0 Å². The number of benzene rings is 2. The molecule has 4 heteroatoms. The molecule has 0 aromatic heterocycles. The Kier molecular flexibility index (Phi) is 4.26. The molecule has 0 heterocycles. The molecule has 3 N–H and O–H groups in total. The summed E-state index contributed by atoms with van der Waals surface area (Å²) in [4.78, 5) is 0. The number of ether oxygens (including phenoxy) is 2. The average Bonchev–Trinajstić information content (AvgIpc) is 2.43. The van der Waals surface area contributed by atoms with Gasteiger partial charge in [-0.3, -0.25) is 0 Å². The Bertz CT molecular complexity index is 555.